The molecule has 0 aromatic heterocycles. The van der Waals surface area contributed by atoms with Crippen LogP contribution in [0.4, 0.5) is 13.2 Å². The minimum Gasteiger partial charge on any atom is -0.353 e. The van der Waals surface area contributed by atoms with Crippen LogP contribution in [0.3, 0.4) is 0 Å². The average molecular weight is 292 g/mol. The third kappa shape index (κ3) is 4.11. The Hall–Kier alpha value is -0.780. The molecule has 2 fully saturated rings. The fourth-order valence-corrected chi connectivity index (χ4v) is 3.31. The Balaban J connectivity index is 1.84. The molecule has 1 saturated carbocycles. The maximum absolute atomic E-state index is 12.7. The van der Waals surface area contributed by atoms with E-state index in [4.69, 9.17) is 0 Å². The van der Waals surface area contributed by atoms with Crippen LogP contribution in [-0.4, -0.2) is 30.7 Å². The number of hydrogen-bond donors (Lipinski definition) is 2. The molecular formula is C14H23F3N2O. The van der Waals surface area contributed by atoms with E-state index in [0.29, 0.717) is 18.9 Å². The summed E-state index contributed by atoms with van der Waals surface area (Å²) < 4.78 is 38.2. The van der Waals surface area contributed by atoms with Gasteiger partial charge in [0.15, 0.2) is 0 Å². The van der Waals surface area contributed by atoms with Crippen molar-refractivity contribution in [1.29, 1.82) is 0 Å². The number of hydrogen-bond acceptors (Lipinski definition) is 2. The van der Waals surface area contributed by atoms with Crippen molar-refractivity contribution < 1.29 is 18.0 Å². The average Bonchev–Trinajstić information content (AvgIpc) is 2.38. The molecule has 20 heavy (non-hydrogen) atoms. The van der Waals surface area contributed by atoms with E-state index in [-0.39, 0.29) is 30.7 Å². The number of amides is 1. The van der Waals surface area contributed by atoms with Gasteiger partial charge >= 0.3 is 6.18 Å². The van der Waals surface area contributed by atoms with Gasteiger partial charge in [0.25, 0.3) is 0 Å². The molecule has 0 aromatic carbocycles. The Morgan fingerprint density at radius 1 is 1.20 bits per heavy atom. The summed E-state index contributed by atoms with van der Waals surface area (Å²) in [5.41, 5.74) is 0. The molecule has 1 heterocycles. The van der Waals surface area contributed by atoms with Crippen molar-refractivity contribution in [2.45, 2.75) is 63.7 Å². The Morgan fingerprint density at radius 3 is 2.60 bits per heavy atom. The lowest BCUT2D eigenvalue weighted by Crippen LogP contribution is -2.47. The van der Waals surface area contributed by atoms with E-state index >= 15 is 0 Å². The lowest BCUT2D eigenvalue weighted by Gasteiger charge is -2.33. The number of carbonyl (C=O) groups is 1. The smallest absolute Gasteiger partial charge is 0.353 e. The van der Waals surface area contributed by atoms with Gasteiger partial charge in [0.05, 0.1) is 5.92 Å². The second kappa shape index (κ2) is 6.33. The van der Waals surface area contributed by atoms with Crippen LogP contribution >= 0.6 is 0 Å². The molecule has 1 amide bonds. The number of halogens is 3. The maximum atomic E-state index is 12.7. The molecule has 0 aromatic rings. The fraction of sp³-hybridized carbons (Fsp3) is 0.929. The lowest BCUT2D eigenvalue weighted by atomic mass is 9.84. The predicted octanol–water partition coefficient (Wildman–Crippen LogP) is 2.61. The second-order valence-corrected chi connectivity index (χ2v) is 6.19. The fourth-order valence-electron chi connectivity index (χ4n) is 3.31. The quantitative estimate of drug-likeness (QED) is 0.821. The van der Waals surface area contributed by atoms with Crippen LogP contribution in [0.25, 0.3) is 0 Å². The van der Waals surface area contributed by atoms with Crippen LogP contribution in [0, 0.1) is 11.8 Å². The van der Waals surface area contributed by atoms with E-state index in [1.807, 2.05) is 6.92 Å². The van der Waals surface area contributed by atoms with Crippen molar-refractivity contribution >= 4 is 5.91 Å². The molecule has 4 atom stereocenters. The van der Waals surface area contributed by atoms with Gasteiger partial charge in [-0.25, -0.2) is 0 Å². The number of alkyl halides is 3. The Morgan fingerprint density at radius 2 is 1.95 bits per heavy atom. The summed E-state index contributed by atoms with van der Waals surface area (Å²) in [5.74, 6) is -1.38. The van der Waals surface area contributed by atoms with Crippen LogP contribution < -0.4 is 10.6 Å². The van der Waals surface area contributed by atoms with Crippen LogP contribution in [0.5, 0.6) is 0 Å². The van der Waals surface area contributed by atoms with E-state index in [9.17, 15) is 18.0 Å². The first-order valence-corrected chi connectivity index (χ1v) is 7.46. The zero-order valence-corrected chi connectivity index (χ0v) is 11.8. The molecule has 2 N–H and O–H groups in total. The molecule has 1 aliphatic carbocycles. The molecule has 116 valence electrons. The van der Waals surface area contributed by atoms with Crippen molar-refractivity contribution in [1.82, 2.24) is 10.6 Å². The van der Waals surface area contributed by atoms with Gasteiger partial charge in [-0.3, -0.25) is 4.79 Å². The third-order valence-corrected chi connectivity index (χ3v) is 4.48. The highest BCUT2D eigenvalue weighted by atomic mass is 19.4. The van der Waals surface area contributed by atoms with Gasteiger partial charge in [-0.2, -0.15) is 13.2 Å². The van der Waals surface area contributed by atoms with Crippen molar-refractivity contribution in [2.75, 3.05) is 6.54 Å². The van der Waals surface area contributed by atoms with Crippen molar-refractivity contribution in [3.63, 3.8) is 0 Å². The van der Waals surface area contributed by atoms with Crippen molar-refractivity contribution in [3.05, 3.63) is 0 Å². The van der Waals surface area contributed by atoms with Crippen LogP contribution in [0.15, 0.2) is 0 Å². The van der Waals surface area contributed by atoms with Gasteiger partial charge in [-0.15, -0.1) is 0 Å². The minimum absolute atomic E-state index is 0.0375. The molecule has 0 radical (unpaired) electrons. The SMILES string of the molecule is CC1CC(C(=O)NC2CCCC(C(F)(F)F)C2)CCN1. The molecule has 2 rings (SSSR count). The number of carbonyl (C=O) groups excluding carboxylic acids is 1. The Labute approximate surface area is 117 Å². The Bertz CT molecular complexity index is 346. The second-order valence-electron chi connectivity index (χ2n) is 6.19. The summed E-state index contributed by atoms with van der Waals surface area (Å²) >= 11 is 0. The van der Waals surface area contributed by atoms with E-state index in [0.717, 1.165) is 19.4 Å². The first-order valence-electron chi connectivity index (χ1n) is 7.46. The normalized spacial score (nSPS) is 35.6. The standard InChI is InChI=1S/C14H23F3N2O/c1-9-7-10(5-6-18-9)13(20)19-12-4-2-3-11(8-12)14(15,16)17/h9-12,18H,2-8H2,1H3,(H,19,20). The van der Waals surface area contributed by atoms with Gasteiger partial charge < -0.3 is 10.6 Å². The van der Waals surface area contributed by atoms with Crippen molar-refractivity contribution in [3.8, 4) is 0 Å². The van der Waals surface area contributed by atoms with E-state index < -0.39 is 12.1 Å². The van der Waals surface area contributed by atoms with Gasteiger partial charge in [0.2, 0.25) is 5.91 Å². The van der Waals surface area contributed by atoms with E-state index in [2.05, 4.69) is 10.6 Å². The minimum atomic E-state index is -4.13. The highest BCUT2D eigenvalue weighted by Gasteiger charge is 2.42. The molecule has 0 bridgehead atoms. The topological polar surface area (TPSA) is 41.1 Å². The first kappa shape index (κ1) is 15.6. The summed E-state index contributed by atoms with van der Waals surface area (Å²) in [6, 6.07) is -0.0122. The monoisotopic (exact) mass is 292 g/mol. The maximum Gasteiger partial charge on any atom is 0.391 e. The van der Waals surface area contributed by atoms with Gasteiger partial charge in [0, 0.05) is 18.0 Å². The molecule has 1 saturated heterocycles. The Kier molecular flexibility index (Phi) is 4.94. The predicted molar refractivity (Wildman–Crippen MR) is 70.1 cm³/mol. The summed E-state index contributed by atoms with van der Waals surface area (Å²) in [5, 5.41) is 6.11. The molecule has 2 aliphatic rings. The summed E-state index contributed by atoms with van der Waals surface area (Å²) in [4.78, 5) is 12.1. The highest BCUT2D eigenvalue weighted by molar-refractivity contribution is 5.79. The molecular weight excluding hydrogens is 269 g/mol. The van der Waals surface area contributed by atoms with E-state index in [1.54, 1.807) is 0 Å². The zero-order chi connectivity index (χ0) is 14.8. The lowest BCUT2D eigenvalue weighted by molar-refractivity contribution is -0.184. The van der Waals surface area contributed by atoms with Crippen LogP contribution in [-0.2, 0) is 4.79 Å². The largest absolute Gasteiger partial charge is 0.391 e. The summed E-state index contributed by atoms with van der Waals surface area (Å²) in [6.45, 7) is 2.83. The molecule has 0 spiro atoms. The highest BCUT2D eigenvalue weighted by Crippen LogP contribution is 2.37. The molecule has 4 unspecified atom stereocenters. The van der Waals surface area contributed by atoms with Gasteiger partial charge in [-0.1, -0.05) is 6.42 Å². The summed E-state index contributed by atoms with van der Waals surface area (Å²) in [6.07, 6.45) is -1.16. The zero-order valence-electron chi connectivity index (χ0n) is 11.8. The number of piperidine rings is 1. The molecule has 3 nitrogen and oxygen atoms in total. The third-order valence-electron chi connectivity index (χ3n) is 4.48. The van der Waals surface area contributed by atoms with Crippen LogP contribution in [0.2, 0.25) is 0 Å². The number of rotatable bonds is 2. The van der Waals surface area contributed by atoms with Gasteiger partial charge in [-0.05, 0) is 45.6 Å². The molecule has 1 aliphatic heterocycles. The first-order chi connectivity index (χ1) is 9.36. The molecule has 6 heteroatoms. The van der Waals surface area contributed by atoms with Crippen molar-refractivity contribution in [2.24, 2.45) is 11.8 Å². The number of nitrogens with one attached hydrogen (secondary N) is 2. The van der Waals surface area contributed by atoms with Crippen LogP contribution in [0.1, 0.15) is 45.4 Å². The van der Waals surface area contributed by atoms with Gasteiger partial charge in [0.1, 0.15) is 0 Å². The summed E-state index contributed by atoms with van der Waals surface area (Å²) in [7, 11) is 0. The van der Waals surface area contributed by atoms with E-state index in [1.165, 1.54) is 0 Å².